The molecule has 3 aromatic rings. The first-order valence-electron chi connectivity index (χ1n) is 13.2. The van der Waals surface area contributed by atoms with Gasteiger partial charge < -0.3 is 15.0 Å². The minimum Gasteiger partial charge on any atom is -0.457 e. The van der Waals surface area contributed by atoms with Crippen LogP contribution in [0.3, 0.4) is 0 Å². The van der Waals surface area contributed by atoms with Gasteiger partial charge in [-0.2, -0.15) is 0 Å². The van der Waals surface area contributed by atoms with Crippen molar-refractivity contribution in [3.63, 3.8) is 0 Å². The first kappa shape index (κ1) is 30.7. The SMILES string of the molecule is CC[C@@H](C(=O)NC(C)(C)C)N(Cc1ccc(C)cc1)C(=O)CN(c1ccc(Oc2ccccc2)cc1)S(C)(=O)=O. The molecule has 0 unspecified atom stereocenters. The van der Waals surface area contributed by atoms with E-state index in [1.54, 1.807) is 24.3 Å². The molecule has 0 saturated carbocycles. The molecule has 1 N–H and O–H groups in total. The molecule has 2 amide bonds. The van der Waals surface area contributed by atoms with E-state index in [1.807, 2.05) is 89.2 Å². The highest BCUT2D eigenvalue weighted by Crippen LogP contribution is 2.26. The van der Waals surface area contributed by atoms with Crippen LogP contribution in [0.5, 0.6) is 11.5 Å². The number of para-hydroxylation sites is 1. The van der Waals surface area contributed by atoms with Crippen molar-refractivity contribution in [3.8, 4) is 11.5 Å². The lowest BCUT2D eigenvalue weighted by Crippen LogP contribution is -2.55. The Morgan fingerprint density at radius 2 is 1.48 bits per heavy atom. The molecule has 0 aliphatic heterocycles. The maximum absolute atomic E-state index is 13.8. The monoisotopic (exact) mass is 565 g/mol. The van der Waals surface area contributed by atoms with Gasteiger partial charge >= 0.3 is 0 Å². The van der Waals surface area contributed by atoms with E-state index in [2.05, 4.69) is 5.32 Å². The van der Waals surface area contributed by atoms with E-state index in [4.69, 9.17) is 4.74 Å². The van der Waals surface area contributed by atoms with Gasteiger partial charge in [0.05, 0.1) is 11.9 Å². The fourth-order valence-corrected chi connectivity index (χ4v) is 5.03. The quantitative estimate of drug-likeness (QED) is 0.342. The first-order chi connectivity index (χ1) is 18.8. The smallest absolute Gasteiger partial charge is 0.244 e. The number of nitrogens with one attached hydrogen (secondary N) is 1. The van der Waals surface area contributed by atoms with Crippen molar-refractivity contribution >= 4 is 27.5 Å². The zero-order valence-corrected chi connectivity index (χ0v) is 24.9. The van der Waals surface area contributed by atoms with Gasteiger partial charge in [0.15, 0.2) is 0 Å². The van der Waals surface area contributed by atoms with Crippen LogP contribution in [-0.2, 0) is 26.2 Å². The van der Waals surface area contributed by atoms with E-state index in [1.165, 1.54) is 4.90 Å². The van der Waals surface area contributed by atoms with Gasteiger partial charge in [-0.25, -0.2) is 8.42 Å². The van der Waals surface area contributed by atoms with Gasteiger partial charge in [0, 0.05) is 12.1 Å². The Balaban J connectivity index is 1.90. The fourth-order valence-electron chi connectivity index (χ4n) is 4.18. The summed E-state index contributed by atoms with van der Waals surface area (Å²) in [6, 6.07) is 22.6. The molecule has 0 bridgehead atoms. The number of carbonyl (C=O) groups excluding carboxylic acids is 2. The number of rotatable bonds is 11. The van der Waals surface area contributed by atoms with Gasteiger partial charge in [-0.15, -0.1) is 0 Å². The van der Waals surface area contributed by atoms with E-state index < -0.39 is 34.1 Å². The molecule has 3 aromatic carbocycles. The average molecular weight is 566 g/mol. The molecule has 3 rings (SSSR count). The Kier molecular flexibility index (Phi) is 9.98. The van der Waals surface area contributed by atoms with Gasteiger partial charge in [0.2, 0.25) is 21.8 Å². The normalized spacial score (nSPS) is 12.3. The van der Waals surface area contributed by atoms with Crippen LogP contribution in [0.2, 0.25) is 0 Å². The predicted octanol–water partition coefficient (Wildman–Crippen LogP) is 5.28. The van der Waals surface area contributed by atoms with Crippen LogP contribution in [0.15, 0.2) is 78.9 Å². The first-order valence-corrected chi connectivity index (χ1v) is 15.1. The third kappa shape index (κ3) is 8.84. The van der Waals surface area contributed by atoms with E-state index >= 15 is 0 Å². The molecular formula is C31H39N3O5S. The van der Waals surface area contributed by atoms with Crippen LogP contribution in [0.4, 0.5) is 5.69 Å². The average Bonchev–Trinajstić information content (AvgIpc) is 2.87. The minimum absolute atomic E-state index is 0.163. The Morgan fingerprint density at radius 3 is 2.00 bits per heavy atom. The number of ether oxygens (including phenoxy) is 1. The lowest BCUT2D eigenvalue weighted by Gasteiger charge is -2.34. The minimum atomic E-state index is -3.83. The van der Waals surface area contributed by atoms with E-state index in [9.17, 15) is 18.0 Å². The summed E-state index contributed by atoms with van der Waals surface area (Å²) in [7, 11) is -3.83. The maximum Gasteiger partial charge on any atom is 0.244 e. The molecule has 0 radical (unpaired) electrons. The van der Waals surface area contributed by atoms with Gasteiger partial charge in [-0.1, -0.05) is 55.0 Å². The Bertz CT molecular complexity index is 1380. The van der Waals surface area contributed by atoms with Crippen molar-refractivity contribution in [1.29, 1.82) is 0 Å². The summed E-state index contributed by atoms with van der Waals surface area (Å²) in [4.78, 5) is 28.6. The molecule has 0 aliphatic rings. The fraction of sp³-hybridized carbons (Fsp3) is 0.355. The summed E-state index contributed by atoms with van der Waals surface area (Å²) >= 11 is 0. The lowest BCUT2D eigenvalue weighted by molar-refractivity contribution is -0.141. The van der Waals surface area contributed by atoms with Gasteiger partial charge in [-0.05, 0) is 76.1 Å². The molecule has 214 valence electrons. The number of carbonyl (C=O) groups is 2. The number of nitrogens with zero attached hydrogens (tertiary/aromatic N) is 2. The van der Waals surface area contributed by atoms with Gasteiger partial charge in [-0.3, -0.25) is 13.9 Å². The highest BCUT2D eigenvalue weighted by Gasteiger charge is 2.33. The van der Waals surface area contributed by atoms with Crippen molar-refractivity contribution in [2.45, 2.75) is 59.2 Å². The molecule has 0 aromatic heterocycles. The van der Waals surface area contributed by atoms with Crippen molar-refractivity contribution in [2.24, 2.45) is 0 Å². The van der Waals surface area contributed by atoms with Crippen LogP contribution in [0.25, 0.3) is 0 Å². The lowest BCUT2D eigenvalue weighted by atomic mass is 10.1. The third-order valence-corrected chi connectivity index (χ3v) is 7.28. The highest BCUT2D eigenvalue weighted by atomic mass is 32.2. The molecule has 0 heterocycles. The molecular weight excluding hydrogens is 526 g/mol. The molecule has 40 heavy (non-hydrogen) atoms. The summed E-state index contributed by atoms with van der Waals surface area (Å²) < 4.78 is 32.6. The van der Waals surface area contributed by atoms with Crippen LogP contribution in [-0.4, -0.2) is 49.5 Å². The van der Waals surface area contributed by atoms with Gasteiger partial charge in [0.25, 0.3) is 0 Å². The zero-order valence-electron chi connectivity index (χ0n) is 24.0. The van der Waals surface area contributed by atoms with Crippen LogP contribution >= 0.6 is 0 Å². The van der Waals surface area contributed by atoms with E-state index in [0.717, 1.165) is 21.7 Å². The Morgan fingerprint density at radius 1 is 0.900 bits per heavy atom. The molecule has 0 saturated heterocycles. The molecule has 8 nitrogen and oxygen atoms in total. The Labute approximate surface area is 238 Å². The second-order valence-corrected chi connectivity index (χ2v) is 12.8. The second-order valence-electron chi connectivity index (χ2n) is 10.8. The van der Waals surface area contributed by atoms with Crippen LogP contribution < -0.4 is 14.4 Å². The number of hydrogen-bond acceptors (Lipinski definition) is 5. The highest BCUT2D eigenvalue weighted by molar-refractivity contribution is 7.92. The zero-order chi connectivity index (χ0) is 29.5. The largest absolute Gasteiger partial charge is 0.457 e. The van der Waals surface area contributed by atoms with Crippen LogP contribution in [0, 0.1) is 6.92 Å². The predicted molar refractivity (Wildman–Crippen MR) is 159 cm³/mol. The Hall–Kier alpha value is -3.85. The molecule has 0 spiro atoms. The summed E-state index contributed by atoms with van der Waals surface area (Å²) in [6.07, 6.45) is 1.42. The van der Waals surface area contributed by atoms with Crippen molar-refractivity contribution in [2.75, 3.05) is 17.1 Å². The standard InChI is InChI=1S/C31H39N3O5S/c1-7-28(30(36)32-31(3,4)5)33(21-24-15-13-23(2)14-16-24)29(35)22-34(40(6,37)38)25-17-19-27(20-18-25)39-26-11-9-8-10-12-26/h8-20,28H,7,21-22H2,1-6H3,(H,32,36)/t28-/m0/s1. The molecule has 0 fully saturated rings. The van der Waals surface area contributed by atoms with Crippen molar-refractivity contribution < 1.29 is 22.7 Å². The van der Waals surface area contributed by atoms with E-state index in [0.29, 0.717) is 23.6 Å². The third-order valence-electron chi connectivity index (χ3n) is 6.14. The van der Waals surface area contributed by atoms with Crippen LogP contribution in [0.1, 0.15) is 45.2 Å². The number of anilines is 1. The topological polar surface area (TPSA) is 96.0 Å². The van der Waals surface area contributed by atoms with Gasteiger partial charge in [0.1, 0.15) is 24.1 Å². The maximum atomic E-state index is 13.8. The molecule has 9 heteroatoms. The molecule has 0 aliphatic carbocycles. The summed E-state index contributed by atoms with van der Waals surface area (Å²) in [5.41, 5.74) is 1.74. The molecule has 1 atom stereocenters. The summed E-state index contributed by atoms with van der Waals surface area (Å²) in [6.45, 7) is 9.14. The van der Waals surface area contributed by atoms with E-state index in [-0.39, 0.29) is 12.5 Å². The number of hydrogen-bond donors (Lipinski definition) is 1. The number of aryl methyl sites for hydroxylation is 1. The summed E-state index contributed by atoms with van der Waals surface area (Å²) in [5.74, 6) is 0.409. The number of sulfonamides is 1. The van der Waals surface area contributed by atoms with Crippen molar-refractivity contribution in [1.82, 2.24) is 10.2 Å². The number of amides is 2. The van der Waals surface area contributed by atoms with Crippen molar-refractivity contribution in [3.05, 3.63) is 90.0 Å². The summed E-state index contributed by atoms with van der Waals surface area (Å²) in [5, 5.41) is 2.96. The number of benzene rings is 3. The second kappa shape index (κ2) is 13.0.